The van der Waals surface area contributed by atoms with Crippen LogP contribution in [0.2, 0.25) is 5.02 Å². The molecule has 1 amide bonds. The van der Waals surface area contributed by atoms with Crippen LogP contribution in [-0.4, -0.2) is 22.4 Å². The predicted octanol–water partition coefficient (Wildman–Crippen LogP) is 5.01. The monoisotopic (exact) mass is 399 g/mol. The first-order valence-electron chi connectivity index (χ1n) is 8.67. The van der Waals surface area contributed by atoms with E-state index < -0.39 is 11.7 Å². The van der Waals surface area contributed by atoms with Gasteiger partial charge in [-0.2, -0.15) is 4.98 Å². The van der Waals surface area contributed by atoms with Crippen molar-refractivity contribution in [3.8, 4) is 0 Å². The van der Waals surface area contributed by atoms with Crippen molar-refractivity contribution in [2.45, 2.75) is 13.8 Å². The summed E-state index contributed by atoms with van der Waals surface area (Å²) in [7, 11) is 0. The Kier molecular flexibility index (Phi) is 6.06. The second-order valence-corrected chi connectivity index (χ2v) is 6.44. The number of hydrogen-bond donors (Lipinski definition) is 3. The minimum atomic E-state index is -0.493. The number of nitrogens with one attached hydrogen (secondary N) is 3. The molecule has 0 atom stereocenters. The van der Waals surface area contributed by atoms with Crippen LogP contribution in [0.5, 0.6) is 0 Å². The van der Waals surface area contributed by atoms with Gasteiger partial charge in [0.2, 0.25) is 5.95 Å². The highest BCUT2D eigenvalue weighted by molar-refractivity contribution is 6.34. The molecule has 1 heterocycles. The molecule has 3 rings (SSSR count). The van der Waals surface area contributed by atoms with E-state index in [-0.39, 0.29) is 10.6 Å². The van der Waals surface area contributed by atoms with Crippen LogP contribution in [0.15, 0.2) is 48.5 Å². The minimum absolute atomic E-state index is 0.0591. The Balaban J connectivity index is 1.69. The second kappa shape index (κ2) is 8.67. The van der Waals surface area contributed by atoms with E-state index in [1.165, 1.54) is 12.1 Å². The summed E-state index contributed by atoms with van der Waals surface area (Å²) in [4.78, 5) is 21.1. The van der Waals surface area contributed by atoms with Crippen LogP contribution >= 0.6 is 11.6 Å². The summed E-state index contributed by atoms with van der Waals surface area (Å²) in [5, 5.41) is 9.08. The molecular formula is C20H19ClFN5O. The largest absolute Gasteiger partial charge is 0.370 e. The Bertz CT molecular complexity index is 994. The third kappa shape index (κ3) is 4.95. The molecule has 0 spiro atoms. The third-order valence-corrected chi connectivity index (χ3v) is 4.10. The fourth-order valence-electron chi connectivity index (χ4n) is 2.53. The standard InChI is InChI=1S/C20H19ClFN5O/c1-3-23-18-10-12(2)24-20(27-18)26-15-7-5-14(6-8-15)25-19(28)16-9-4-13(22)11-17(16)21/h4-11H,3H2,1-2H3,(H,25,28)(H2,23,24,26,27). The van der Waals surface area contributed by atoms with Crippen LogP contribution in [-0.2, 0) is 0 Å². The maximum atomic E-state index is 13.1. The maximum absolute atomic E-state index is 13.1. The topological polar surface area (TPSA) is 78.9 Å². The van der Waals surface area contributed by atoms with Gasteiger partial charge < -0.3 is 16.0 Å². The van der Waals surface area contributed by atoms with Crippen molar-refractivity contribution in [2.75, 3.05) is 22.5 Å². The lowest BCUT2D eigenvalue weighted by molar-refractivity contribution is 0.102. The van der Waals surface area contributed by atoms with E-state index in [1.807, 2.05) is 19.9 Å². The van der Waals surface area contributed by atoms with Gasteiger partial charge >= 0.3 is 0 Å². The number of aromatic nitrogens is 2. The van der Waals surface area contributed by atoms with Crippen LogP contribution in [0.4, 0.5) is 27.5 Å². The average molecular weight is 400 g/mol. The zero-order valence-corrected chi connectivity index (χ0v) is 16.1. The van der Waals surface area contributed by atoms with Gasteiger partial charge in [-0.1, -0.05) is 11.6 Å². The number of anilines is 4. The lowest BCUT2D eigenvalue weighted by Crippen LogP contribution is -2.12. The van der Waals surface area contributed by atoms with Gasteiger partial charge in [-0.15, -0.1) is 0 Å². The van der Waals surface area contributed by atoms with Crippen molar-refractivity contribution in [2.24, 2.45) is 0 Å². The molecule has 2 aromatic carbocycles. The van der Waals surface area contributed by atoms with Crippen LogP contribution in [0.25, 0.3) is 0 Å². The third-order valence-electron chi connectivity index (χ3n) is 3.79. The molecule has 3 N–H and O–H groups in total. The van der Waals surface area contributed by atoms with Gasteiger partial charge in [0.15, 0.2) is 0 Å². The highest BCUT2D eigenvalue weighted by Crippen LogP contribution is 2.21. The molecule has 0 saturated heterocycles. The molecule has 0 bridgehead atoms. The molecule has 0 aliphatic heterocycles. The van der Waals surface area contributed by atoms with Gasteiger partial charge in [0.1, 0.15) is 11.6 Å². The molecule has 0 aliphatic carbocycles. The molecule has 0 aliphatic rings. The molecule has 3 aromatic rings. The quantitative estimate of drug-likeness (QED) is 0.543. The smallest absolute Gasteiger partial charge is 0.257 e. The van der Waals surface area contributed by atoms with Gasteiger partial charge in [-0.3, -0.25) is 4.79 Å². The van der Waals surface area contributed by atoms with Crippen molar-refractivity contribution in [3.63, 3.8) is 0 Å². The van der Waals surface area contributed by atoms with E-state index in [0.717, 1.165) is 29.8 Å². The number of carbonyl (C=O) groups excluding carboxylic acids is 1. The summed E-state index contributed by atoms with van der Waals surface area (Å²) in [6.45, 7) is 4.66. The molecule has 0 saturated carbocycles. The van der Waals surface area contributed by atoms with Crippen LogP contribution in [0.3, 0.4) is 0 Å². The lowest BCUT2D eigenvalue weighted by Gasteiger charge is -2.10. The van der Waals surface area contributed by atoms with Crippen LogP contribution < -0.4 is 16.0 Å². The molecule has 28 heavy (non-hydrogen) atoms. The summed E-state index contributed by atoms with van der Waals surface area (Å²) in [5.41, 5.74) is 2.39. The molecular weight excluding hydrogens is 381 g/mol. The van der Waals surface area contributed by atoms with Gasteiger partial charge in [-0.05, 0) is 56.3 Å². The van der Waals surface area contributed by atoms with Gasteiger partial charge in [0, 0.05) is 29.7 Å². The lowest BCUT2D eigenvalue weighted by atomic mass is 10.2. The Morgan fingerprint density at radius 2 is 1.79 bits per heavy atom. The predicted molar refractivity (Wildman–Crippen MR) is 110 cm³/mol. The fraction of sp³-hybridized carbons (Fsp3) is 0.150. The number of halogens is 2. The average Bonchev–Trinajstić information content (AvgIpc) is 2.63. The number of aryl methyl sites for hydroxylation is 1. The first kappa shape index (κ1) is 19.6. The van der Waals surface area contributed by atoms with Crippen molar-refractivity contribution >= 4 is 40.6 Å². The number of carbonyl (C=O) groups is 1. The van der Waals surface area contributed by atoms with Gasteiger partial charge in [0.25, 0.3) is 5.91 Å². The number of benzene rings is 2. The fourth-order valence-corrected chi connectivity index (χ4v) is 2.79. The van der Waals surface area contributed by atoms with E-state index in [2.05, 4.69) is 25.9 Å². The summed E-state index contributed by atoms with van der Waals surface area (Å²) in [6.07, 6.45) is 0. The Hall–Kier alpha value is -3.19. The number of amides is 1. The molecule has 0 radical (unpaired) electrons. The number of nitrogens with zero attached hydrogens (tertiary/aromatic N) is 2. The Morgan fingerprint density at radius 1 is 1.07 bits per heavy atom. The van der Waals surface area contributed by atoms with E-state index >= 15 is 0 Å². The Morgan fingerprint density at radius 3 is 2.46 bits per heavy atom. The summed E-state index contributed by atoms with van der Waals surface area (Å²) < 4.78 is 13.1. The summed E-state index contributed by atoms with van der Waals surface area (Å²) >= 11 is 5.92. The summed E-state index contributed by atoms with van der Waals surface area (Å²) in [6, 6.07) is 12.6. The van der Waals surface area contributed by atoms with Gasteiger partial charge in [0.05, 0.1) is 10.6 Å². The normalized spacial score (nSPS) is 10.4. The zero-order chi connectivity index (χ0) is 20.1. The minimum Gasteiger partial charge on any atom is -0.370 e. The van der Waals surface area contributed by atoms with Crippen LogP contribution in [0.1, 0.15) is 23.0 Å². The number of rotatable bonds is 6. The van der Waals surface area contributed by atoms with E-state index in [9.17, 15) is 9.18 Å². The molecule has 6 nitrogen and oxygen atoms in total. The summed E-state index contributed by atoms with van der Waals surface area (Å²) in [5.74, 6) is 0.319. The van der Waals surface area contributed by atoms with E-state index in [0.29, 0.717) is 11.6 Å². The molecule has 0 fully saturated rings. The highest BCUT2D eigenvalue weighted by Gasteiger charge is 2.11. The van der Waals surface area contributed by atoms with Gasteiger partial charge in [-0.25, -0.2) is 9.37 Å². The number of hydrogen-bond acceptors (Lipinski definition) is 5. The molecule has 0 unspecified atom stereocenters. The maximum Gasteiger partial charge on any atom is 0.257 e. The first-order chi connectivity index (χ1) is 13.4. The van der Waals surface area contributed by atoms with Crippen molar-refractivity contribution < 1.29 is 9.18 Å². The van der Waals surface area contributed by atoms with E-state index in [4.69, 9.17) is 11.6 Å². The Labute approximate surface area is 167 Å². The van der Waals surface area contributed by atoms with Crippen LogP contribution in [0, 0.1) is 12.7 Å². The van der Waals surface area contributed by atoms with Crippen molar-refractivity contribution in [1.29, 1.82) is 0 Å². The van der Waals surface area contributed by atoms with Crippen molar-refractivity contribution in [3.05, 3.63) is 70.6 Å². The van der Waals surface area contributed by atoms with Crippen molar-refractivity contribution in [1.82, 2.24) is 9.97 Å². The molecule has 1 aromatic heterocycles. The second-order valence-electron chi connectivity index (χ2n) is 6.03. The molecule has 144 valence electrons. The zero-order valence-electron chi connectivity index (χ0n) is 15.4. The first-order valence-corrected chi connectivity index (χ1v) is 9.05. The SMILES string of the molecule is CCNc1cc(C)nc(Nc2ccc(NC(=O)c3ccc(F)cc3Cl)cc2)n1. The van der Waals surface area contributed by atoms with E-state index in [1.54, 1.807) is 24.3 Å². The molecule has 8 heteroatoms. The highest BCUT2D eigenvalue weighted by atomic mass is 35.5.